The molecule has 2 aromatic rings. The molecule has 1 amide bonds. The molecule has 0 unspecified atom stereocenters. The average Bonchev–Trinajstić information content (AvgIpc) is 3.19. The van der Waals surface area contributed by atoms with Gasteiger partial charge in [-0.2, -0.15) is 5.26 Å². The zero-order valence-electron chi connectivity index (χ0n) is 18.8. The second kappa shape index (κ2) is 8.85. The standard InChI is InChI=1S/C25H28N6O2/c1-17-13-18(14-26)5-7-21(17)22-16-28-31(25(22)33)23-8-6-19(15-27-23)24(32)30-11-9-29(10-12-30)20-3-2-4-20/h5-8,13,15,20,28,33H,2-4,9-12,16H2,1H3. The highest BCUT2D eigenvalue weighted by Gasteiger charge is 2.30. The van der Waals surface area contributed by atoms with Crippen molar-refractivity contribution in [3.8, 4) is 6.07 Å². The first-order valence-corrected chi connectivity index (χ1v) is 11.5. The number of nitrogens with one attached hydrogen (secondary N) is 1. The van der Waals surface area contributed by atoms with Crippen LogP contribution in [0.5, 0.6) is 0 Å². The number of aliphatic hydroxyl groups is 1. The molecule has 2 N–H and O–H groups in total. The molecule has 1 saturated heterocycles. The van der Waals surface area contributed by atoms with Crippen molar-refractivity contribution in [3.05, 3.63) is 64.7 Å². The maximum atomic E-state index is 12.9. The molecule has 3 heterocycles. The van der Waals surface area contributed by atoms with Crippen molar-refractivity contribution in [1.29, 1.82) is 5.26 Å². The van der Waals surface area contributed by atoms with E-state index in [4.69, 9.17) is 5.26 Å². The van der Waals surface area contributed by atoms with Gasteiger partial charge in [-0.3, -0.25) is 9.69 Å². The summed E-state index contributed by atoms with van der Waals surface area (Å²) in [6.07, 6.45) is 5.48. The number of rotatable bonds is 4. The maximum Gasteiger partial charge on any atom is 0.255 e. The largest absolute Gasteiger partial charge is 0.493 e. The van der Waals surface area contributed by atoms with E-state index in [9.17, 15) is 9.90 Å². The van der Waals surface area contributed by atoms with Crippen molar-refractivity contribution in [2.45, 2.75) is 32.2 Å². The minimum absolute atomic E-state index is 0.00495. The molecule has 0 spiro atoms. The van der Waals surface area contributed by atoms with Gasteiger partial charge in [-0.25, -0.2) is 15.4 Å². The lowest BCUT2D eigenvalue weighted by atomic mass is 9.91. The predicted molar refractivity (Wildman–Crippen MR) is 125 cm³/mol. The Morgan fingerprint density at radius 1 is 1.18 bits per heavy atom. The number of carbonyl (C=O) groups is 1. The summed E-state index contributed by atoms with van der Waals surface area (Å²) in [5.74, 6) is 0.590. The van der Waals surface area contributed by atoms with Crippen LogP contribution in [0.1, 0.15) is 46.3 Å². The van der Waals surface area contributed by atoms with Crippen LogP contribution in [0.2, 0.25) is 0 Å². The Morgan fingerprint density at radius 3 is 2.58 bits per heavy atom. The fraction of sp³-hybridized carbons (Fsp3) is 0.400. The van der Waals surface area contributed by atoms with E-state index in [0.717, 1.165) is 48.9 Å². The molecule has 5 rings (SSSR count). The molecule has 1 saturated carbocycles. The van der Waals surface area contributed by atoms with E-state index in [1.54, 1.807) is 24.4 Å². The number of hydrazine groups is 1. The van der Waals surface area contributed by atoms with Gasteiger partial charge in [0.1, 0.15) is 5.82 Å². The number of nitriles is 1. The van der Waals surface area contributed by atoms with E-state index < -0.39 is 0 Å². The van der Waals surface area contributed by atoms with Crippen LogP contribution in [0.15, 0.2) is 42.4 Å². The number of hydrogen-bond acceptors (Lipinski definition) is 7. The van der Waals surface area contributed by atoms with Gasteiger partial charge in [0.25, 0.3) is 5.91 Å². The molecular formula is C25H28N6O2. The predicted octanol–water partition coefficient (Wildman–Crippen LogP) is 2.82. The van der Waals surface area contributed by atoms with Crippen molar-refractivity contribution in [2.24, 2.45) is 0 Å². The first-order valence-electron chi connectivity index (χ1n) is 11.5. The van der Waals surface area contributed by atoms with Crippen LogP contribution in [-0.2, 0) is 0 Å². The number of aliphatic hydroxyl groups excluding tert-OH is 1. The van der Waals surface area contributed by atoms with Crippen LogP contribution in [0, 0.1) is 18.3 Å². The molecule has 33 heavy (non-hydrogen) atoms. The third-order valence-corrected chi connectivity index (χ3v) is 6.99. The summed E-state index contributed by atoms with van der Waals surface area (Å²) >= 11 is 0. The number of aryl methyl sites for hydroxylation is 1. The second-order valence-electron chi connectivity index (χ2n) is 8.93. The number of hydrogen-bond donors (Lipinski definition) is 2. The molecule has 3 aliphatic rings. The molecule has 2 fully saturated rings. The minimum atomic E-state index is 0.00495. The highest BCUT2D eigenvalue weighted by molar-refractivity contribution is 5.94. The number of amides is 1. The van der Waals surface area contributed by atoms with E-state index in [2.05, 4.69) is 21.4 Å². The number of pyridine rings is 1. The molecule has 0 atom stereocenters. The van der Waals surface area contributed by atoms with Gasteiger partial charge in [-0.1, -0.05) is 12.5 Å². The molecule has 8 nitrogen and oxygen atoms in total. The molecule has 1 aromatic carbocycles. The third kappa shape index (κ3) is 4.06. The smallest absolute Gasteiger partial charge is 0.255 e. The third-order valence-electron chi connectivity index (χ3n) is 6.99. The van der Waals surface area contributed by atoms with Crippen molar-refractivity contribution in [1.82, 2.24) is 20.2 Å². The molecule has 1 aromatic heterocycles. The van der Waals surface area contributed by atoms with Gasteiger partial charge in [0.05, 0.1) is 17.2 Å². The molecule has 170 valence electrons. The monoisotopic (exact) mass is 444 g/mol. The lowest BCUT2D eigenvalue weighted by molar-refractivity contribution is 0.0455. The van der Waals surface area contributed by atoms with Crippen molar-refractivity contribution in [2.75, 3.05) is 37.7 Å². The van der Waals surface area contributed by atoms with Crippen molar-refractivity contribution >= 4 is 17.3 Å². The van der Waals surface area contributed by atoms with E-state index in [-0.39, 0.29) is 11.8 Å². The number of piperazine rings is 1. The number of aromatic nitrogens is 1. The SMILES string of the molecule is Cc1cc(C#N)ccc1C1=C(O)N(c2ccc(C(=O)N3CCN(C4CCC4)CC3)cn2)NC1. The summed E-state index contributed by atoms with van der Waals surface area (Å²) in [4.78, 5) is 21.8. The van der Waals surface area contributed by atoms with Gasteiger partial charge in [0.15, 0.2) is 0 Å². The highest BCUT2D eigenvalue weighted by atomic mass is 16.3. The van der Waals surface area contributed by atoms with Gasteiger partial charge in [0, 0.05) is 50.5 Å². The van der Waals surface area contributed by atoms with E-state index in [1.807, 2.05) is 24.0 Å². The fourth-order valence-corrected chi connectivity index (χ4v) is 4.79. The van der Waals surface area contributed by atoms with Gasteiger partial charge >= 0.3 is 0 Å². The second-order valence-corrected chi connectivity index (χ2v) is 8.93. The lowest BCUT2D eigenvalue weighted by Gasteiger charge is -2.42. The van der Waals surface area contributed by atoms with Gasteiger partial charge in [0.2, 0.25) is 5.88 Å². The lowest BCUT2D eigenvalue weighted by Crippen LogP contribution is -2.53. The molecule has 0 bridgehead atoms. The Morgan fingerprint density at radius 2 is 1.97 bits per heavy atom. The topological polar surface area (TPSA) is 95.7 Å². The summed E-state index contributed by atoms with van der Waals surface area (Å²) in [5, 5.41) is 21.5. The zero-order valence-corrected chi connectivity index (χ0v) is 18.8. The van der Waals surface area contributed by atoms with Gasteiger partial charge < -0.3 is 10.0 Å². The summed E-state index contributed by atoms with van der Waals surface area (Å²) in [6.45, 7) is 5.74. The van der Waals surface area contributed by atoms with Crippen LogP contribution in [-0.4, -0.2) is 64.6 Å². The van der Waals surface area contributed by atoms with Crippen LogP contribution in [0.4, 0.5) is 5.82 Å². The van der Waals surface area contributed by atoms with Crippen molar-refractivity contribution < 1.29 is 9.90 Å². The first-order chi connectivity index (χ1) is 16.0. The number of anilines is 1. The van der Waals surface area contributed by atoms with E-state index in [1.165, 1.54) is 24.3 Å². The summed E-state index contributed by atoms with van der Waals surface area (Å²) < 4.78 is 0. The minimum Gasteiger partial charge on any atom is -0.493 e. The normalized spacial score (nSPS) is 19.5. The summed E-state index contributed by atoms with van der Waals surface area (Å²) in [6, 6.07) is 11.8. The summed E-state index contributed by atoms with van der Waals surface area (Å²) in [5.41, 5.74) is 6.84. The van der Waals surface area contributed by atoms with Crippen LogP contribution in [0.3, 0.4) is 0 Å². The average molecular weight is 445 g/mol. The van der Waals surface area contributed by atoms with Crippen LogP contribution in [0.25, 0.3) is 5.57 Å². The Balaban J connectivity index is 1.27. The Bertz CT molecular complexity index is 1120. The first kappa shape index (κ1) is 21.4. The Labute approximate surface area is 193 Å². The number of benzene rings is 1. The van der Waals surface area contributed by atoms with Crippen LogP contribution < -0.4 is 10.4 Å². The van der Waals surface area contributed by atoms with Gasteiger partial charge in [-0.15, -0.1) is 0 Å². The molecule has 1 aliphatic carbocycles. The zero-order chi connectivity index (χ0) is 22.9. The molecule has 2 aliphatic heterocycles. The van der Waals surface area contributed by atoms with Crippen molar-refractivity contribution in [3.63, 3.8) is 0 Å². The summed E-state index contributed by atoms with van der Waals surface area (Å²) in [7, 11) is 0. The number of nitrogens with zero attached hydrogens (tertiary/aromatic N) is 5. The highest BCUT2D eigenvalue weighted by Crippen LogP contribution is 2.29. The molecule has 8 heteroatoms. The quantitative estimate of drug-likeness (QED) is 0.749. The van der Waals surface area contributed by atoms with Crippen LogP contribution >= 0.6 is 0 Å². The Hall–Kier alpha value is -3.41. The molecular weight excluding hydrogens is 416 g/mol. The maximum absolute atomic E-state index is 12.9. The number of carbonyl (C=O) groups excluding carboxylic acids is 1. The molecule has 0 radical (unpaired) electrons. The fourth-order valence-electron chi connectivity index (χ4n) is 4.79. The van der Waals surface area contributed by atoms with Gasteiger partial charge in [-0.05, 0) is 55.2 Å². The Kier molecular flexibility index (Phi) is 5.75. The van der Waals surface area contributed by atoms with E-state index in [0.29, 0.717) is 23.5 Å². The van der Waals surface area contributed by atoms with E-state index >= 15 is 0 Å².